The summed E-state index contributed by atoms with van der Waals surface area (Å²) in [7, 11) is 0. The van der Waals surface area contributed by atoms with Gasteiger partial charge in [-0.1, -0.05) is 18.2 Å². The van der Waals surface area contributed by atoms with Crippen LogP contribution in [0.5, 0.6) is 5.75 Å². The number of Topliss-reactive ketones (excluding diaryl/α,β-unsaturated/α-hetero) is 1. The number of aromatic hydroxyl groups is 1. The third-order valence-electron chi connectivity index (χ3n) is 3.14. The van der Waals surface area contributed by atoms with E-state index >= 15 is 0 Å². The molecule has 0 aromatic heterocycles. The Bertz CT molecular complexity index is 588. The number of hydrogen-bond acceptors (Lipinski definition) is 3. The molecule has 0 aliphatic rings. The molecule has 19 heavy (non-hydrogen) atoms. The molecule has 0 aliphatic carbocycles. The van der Waals surface area contributed by atoms with Crippen LogP contribution in [-0.4, -0.2) is 10.9 Å². The monoisotopic (exact) mass is 255 g/mol. The molecule has 0 atom stereocenters. The van der Waals surface area contributed by atoms with Crippen molar-refractivity contribution in [2.75, 3.05) is 5.73 Å². The van der Waals surface area contributed by atoms with E-state index in [1.165, 1.54) is 6.92 Å². The lowest BCUT2D eigenvalue weighted by molar-refractivity contribution is 0.101. The highest BCUT2D eigenvalue weighted by Crippen LogP contribution is 2.17. The number of nitrogens with two attached hydrogens (primary N) is 1. The van der Waals surface area contributed by atoms with Crippen molar-refractivity contribution in [3.63, 3.8) is 0 Å². The lowest BCUT2D eigenvalue weighted by atomic mass is 10.0. The highest BCUT2D eigenvalue weighted by Gasteiger charge is 2.06. The quantitative estimate of drug-likeness (QED) is 0.652. The van der Waals surface area contributed by atoms with E-state index in [9.17, 15) is 9.90 Å². The first-order chi connectivity index (χ1) is 9.06. The van der Waals surface area contributed by atoms with E-state index in [-0.39, 0.29) is 11.5 Å². The Morgan fingerprint density at radius 2 is 1.63 bits per heavy atom. The molecule has 0 aliphatic heterocycles. The molecule has 0 saturated heterocycles. The van der Waals surface area contributed by atoms with Crippen LogP contribution in [0.1, 0.15) is 28.4 Å². The third-order valence-corrected chi connectivity index (χ3v) is 3.14. The van der Waals surface area contributed by atoms with Crippen molar-refractivity contribution in [2.45, 2.75) is 19.8 Å². The fourth-order valence-electron chi connectivity index (χ4n) is 2.02. The molecule has 3 N–H and O–H groups in total. The summed E-state index contributed by atoms with van der Waals surface area (Å²) in [6.45, 7) is 1.52. The molecule has 3 nitrogen and oxygen atoms in total. The van der Waals surface area contributed by atoms with Crippen LogP contribution < -0.4 is 5.73 Å². The van der Waals surface area contributed by atoms with Gasteiger partial charge in [-0.05, 0) is 55.2 Å². The minimum atomic E-state index is -0.0102. The van der Waals surface area contributed by atoms with E-state index in [2.05, 4.69) is 0 Å². The molecule has 98 valence electrons. The largest absolute Gasteiger partial charge is 0.508 e. The van der Waals surface area contributed by atoms with Gasteiger partial charge in [0.25, 0.3) is 0 Å². The molecule has 0 amide bonds. The van der Waals surface area contributed by atoms with Crippen LogP contribution in [0.3, 0.4) is 0 Å². The average molecular weight is 255 g/mol. The maximum atomic E-state index is 11.4. The third kappa shape index (κ3) is 3.35. The van der Waals surface area contributed by atoms with Crippen LogP contribution in [0.25, 0.3) is 0 Å². The highest BCUT2D eigenvalue weighted by molar-refractivity contribution is 5.99. The summed E-state index contributed by atoms with van der Waals surface area (Å²) in [5.74, 6) is 0.263. The first-order valence-corrected chi connectivity index (χ1v) is 6.23. The van der Waals surface area contributed by atoms with Crippen LogP contribution in [0.2, 0.25) is 0 Å². The number of phenols is 1. The minimum absolute atomic E-state index is 0.0102. The number of rotatable bonds is 4. The smallest absolute Gasteiger partial charge is 0.161 e. The van der Waals surface area contributed by atoms with Gasteiger partial charge in [-0.15, -0.1) is 0 Å². The maximum Gasteiger partial charge on any atom is 0.161 e. The number of hydrogen-bond donors (Lipinski definition) is 2. The van der Waals surface area contributed by atoms with E-state index in [0.29, 0.717) is 11.3 Å². The molecule has 0 fully saturated rings. The van der Waals surface area contributed by atoms with Gasteiger partial charge in [0.1, 0.15) is 5.75 Å². The normalized spacial score (nSPS) is 10.4. The number of carbonyl (C=O) groups is 1. The van der Waals surface area contributed by atoms with Gasteiger partial charge in [0.15, 0.2) is 5.78 Å². The molecule has 0 unspecified atom stereocenters. The van der Waals surface area contributed by atoms with Crippen molar-refractivity contribution >= 4 is 11.5 Å². The van der Waals surface area contributed by atoms with Gasteiger partial charge in [0, 0.05) is 11.3 Å². The highest BCUT2D eigenvalue weighted by atomic mass is 16.3. The van der Waals surface area contributed by atoms with Crippen molar-refractivity contribution < 1.29 is 9.90 Å². The maximum absolute atomic E-state index is 11.4. The summed E-state index contributed by atoms with van der Waals surface area (Å²) in [5, 5.41) is 9.22. The lowest BCUT2D eigenvalue weighted by Gasteiger charge is -2.06. The van der Waals surface area contributed by atoms with Crippen molar-refractivity contribution in [2.24, 2.45) is 0 Å². The van der Waals surface area contributed by atoms with Crippen LogP contribution in [0, 0.1) is 0 Å². The van der Waals surface area contributed by atoms with E-state index in [1.54, 1.807) is 18.2 Å². The number of benzene rings is 2. The fourth-order valence-corrected chi connectivity index (χ4v) is 2.02. The molecule has 0 spiro atoms. The number of anilines is 1. The van der Waals surface area contributed by atoms with Crippen molar-refractivity contribution in [1.29, 1.82) is 0 Å². The molecule has 2 rings (SSSR count). The first-order valence-electron chi connectivity index (χ1n) is 6.23. The number of ketones is 1. The van der Waals surface area contributed by atoms with Gasteiger partial charge >= 0.3 is 0 Å². The fraction of sp³-hybridized carbons (Fsp3) is 0.188. The summed E-state index contributed by atoms with van der Waals surface area (Å²) in [6.07, 6.45) is 1.70. The van der Waals surface area contributed by atoms with Gasteiger partial charge in [-0.2, -0.15) is 0 Å². The topological polar surface area (TPSA) is 63.3 Å². The van der Waals surface area contributed by atoms with Crippen LogP contribution in [0.4, 0.5) is 5.69 Å². The second-order valence-electron chi connectivity index (χ2n) is 4.64. The predicted octanol–water partition coefficient (Wildman–Crippen LogP) is 2.96. The second-order valence-corrected chi connectivity index (χ2v) is 4.64. The SMILES string of the molecule is CC(=O)c1cc(CCc2ccc(O)cc2)ccc1N. The Labute approximate surface area is 112 Å². The lowest BCUT2D eigenvalue weighted by Crippen LogP contribution is -2.01. The summed E-state index contributed by atoms with van der Waals surface area (Å²) in [6, 6.07) is 12.7. The molecule has 0 saturated carbocycles. The standard InChI is InChI=1S/C16H17NO2/c1-11(18)15-10-13(6-9-16(15)17)3-2-12-4-7-14(19)8-5-12/h4-10,19H,2-3,17H2,1H3. The Kier molecular flexibility index (Phi) is 3.85. The molecule has 2 aromatic rings. The summed E-state index contributed by atoms with van der Waals surface area (Å²) >= 11 is 0. The molecular formula is C16H17NO2. The van der Waals surface area contributed by atoms with E-state index < -0.39 is 0 Å². The van der Waals surface area contributed by atoms with Gasteiger partial charge < -0.3 is 10.8 Å². The Morgan fingerprint density at radius 1 is 1.05 bits per heavy atom. The number of carbonyl (C=O) groups excluding carboxylic acids is 1. The van der Waals surface area contributed by atoms with Crippen molar-refractivity contribution in [3.8, 4) is 5.75 Å². The molecular weight excluding hydrogens is 238 g/mol. The van der Waals surface area contributed by atoms with E-state index in [0.717, 1.165) is 24.0 Å². The first kappa shape index (κ1) is 13.1. The Balaban J connectivity index is 2.09. The van der Waals surface area contributed by atoms with Crippen LogP contribution in [0.15, 0.2) is 42.5 Å². The van der Waals surface area contributed by atoms with Crippen LogP contribution in [-0.2, 0) is 12.8 Å². The van der Waals surface area contributed by atoms with Gasteiger partial charge in [-0.3, -0.25) is 4.79 Å². The number of nitrogen functional groups attached to an aromatic ring is 1. The number of phenolic OH excluding ortho intramolecular Hbond substituents is 1. The molecule has 3 heteroatoms. The molecule has 2 aromatic carbocycles. The molecule has 0 bridgehead atoms. The summed E-state index contributed by atoms with van der Waals surface area (Å²) in [5.41, 5.74) is 9.12. The zero-order valence-corrected chi connectivity index (χ0v) is 10.9. The number of aryl methyl sites for hydroxylation is 2. The second kappa shape index (κ2) is 5.57. The van der Waals surface area contributed by atoms with Gasteiger partial charge in [-0.25, -0.2) is 0 Å². The molecule has 0 heterocycles. The zero-order valence-electron chi connectivity index (χ0n) is 10.9. The van der Waals surface area contributed by atoms with Crippen molar-refractivity contribution in [3.05, 3.63) is 59.2 Å². The molecule has 0 radical (unpaired) electrons. The summed E-state index contributed by atoms with van der Waals surface area (Å²) < 4.78 is 0. The minimum Gasteiger partial charge on any atom is -0.508 e. The van der Waals surface area contributed by atoms with Gasteiger partial charge in [0.05, 0.1) is 0 Å². The zero-order chi connectivity index (χ0) is 13.8. The van der Waals surface area contributed by atoms with Gasteiger partial charge in [0.2, 0.25) is 0 Å². The van der Waals surface area contributed by atoms with E-state index in [1.807, 2.05) is 24.3 Å². The average Bonchev–Trinajstić information content (AvgIpc) is 2.39. The summed E-state index contributed by atoms with van der Waals surface area (Å²) in [4.78, 5) is 11.4. The van der Waals surface area contributed by atoms with Crippen molar-refractivity contribution in [1.82, 2.24) is 0 Å². The van der Waals surface area contributed by atoms with Crippen LogP contribution >= 0.6 is 0 Å². The predicted molar refractivity (Wildman–Crippen MR) is 76.4 cm³/mol. The Hall–Kier alpha value is -2.29. The Morgan fingerprint density at radius 3 is 2.26 bits per heavy atom. The van der Waals surface area contributed by atoms with E-state index in [4.69, 9.17) is 5.73 Å².